The molecule has 0 fully saturated rings. The van der Waals surface area contributed by atoms with Gasteiger partial charge in [-0.15, -0.1) is 0 Å². The average molecular weight is 467 g/mol. The van der Waals surface area contributed by atoms with Crippen molar-refractivity contribution in [2.24, 2.45) is 7.05 Å². The summed E-state index contributed by atoms with van der Waals surface area (Å²) in [6.07, 6.45) is 4.28. The zero-order valence-electron chi connectivity index (χ0n) is 20.9. The molecule has 2 heterocycles. The van der Waals surface area contributed by atoms with Crippen LogP contribution in [0.2, 0.25) is 0 Å². The second-order valence-corrected chi connectivity index (χ2v) is 9.91. The summed E-state index contributed by atoms with van der Waals surface area (Å²) in [5.74, 6) is 1.98. The highest BCUT2D eigenvalue weighted by Gasteiger charge is 2.33. The predicted molar refractivity (Wildman–Crippen MR) is 150 cm³/mol. The van der Waals surface area contributed by atoms with E-state index in [4.69, 9.17) is 4.74 Å². The average Bonchev–Trinajstić information content (AvgIpc) is 2.92. The van der Waals surface area contributed by atoms with Gasteiger partial charge in [0.1, 0.15) is 18.5 Å². The van der Waals surface area contributed by atoms with Gasteiger partial charge in [-0.25, -0.2) is 4.57 Å². The van der Waals surface area contributed by atoms with Crippen LogP contribution in [0.4, 0.5) is 0 Å². The van der Waals surface area contributed by atoms with Crippen LogP contribution in [0.15, 0.2) is 91.1 Å². The minimum atomic E-state index is 0.952. The fraction of sp³-hybridized carbons (Fsp3) is 0.147. The summed E-state index contributed by atoms with van der Waals surface area (Å²) in [6, 6.07) is 30.6. The number of aryl methyl sites for hydroxylation is 3. The van der Waals surface area contributed by atoms with Gasteiger partial charge in [0, 0.05) is 17.0 Å². The lowest BCUT2D eigenvalue weighted by molar-refractivity contribution is -0.659. The number of hydrogen-bond acceptors (Lipinski definition) is 1. The molecule has 2 nitrogen and oxygen atoms in total. The summed E-state index contributed by atoms with van der Waals surface area (Å²) in [6.45, 7) is 4.50. The first-order chi connectivity index (χ1) is 17.7. The smallest absolute Gasteiger partial charge is 0.228 e. The number of hydrogen-bond donors (Lipinski definition) is 0. The van der Waals surface area contributed by atoms with E-state index in [1.54, 1.807) is 0 Å². The molecule has 1 aliphatic rings. The van der Waals surface area contributed by atoms with Crippen molar-refractivity contribution in [2.45, 2.75) is 26.7 Å². The molecule has 1 aliphatic heterocycles. The Labute approximate surface area is 211 Å². The first-order valence-corrected chi connectivity index (χ1v) is 12.8. The molecule has 0 unspecified atom stereocenters. The van der Waals surface area contributed by atoms with Crippen molar-refractivity contribution in [1.29, 1.82) is 0 Å². The Balaban J connectivity index is 1.66. The highest BCUT2D eigenvalue weighted by Crippen LogP contribution is 2.52. The van der Waals surface area contributed by atoms with Crippen LogP contribution in [0, 0.1) is 6.92 Å². The van der Waals surface area contributed by atoms with Crippen LogP contribution in [0.25, 0.3) is 54.7 Å². The van der Waals surface area contributed by atoms with E-state index in [0.717, 1.165) is 24.3 Å². The van der Waals surface area contributed by atoms with Crippen molar-refractivity contribution < 1.29 is 9.30 Å². The molecule has 0 saturated carbocycles. The Kier molecular flexibility index (Phi) is 4.65. The molecule has 0 spiro atoms. The van der Waals surface area contributed by atoms with Crippen molar-refractivity contribution in [3.8, 4) is 33.9 Å². The Hall–Kier alpha value is -4.17. The lowest BCUT2D eigenvalue weighted by atomic mass is 9.86. The fourth-order valence-corrected chi connectivity index (χ4v) is 6.21. The molecule has 5 aromatic carbocycles. The molecule has 0 atom stereocenters. The number of nitrogens with zero attached hydrogens (tertiary/aromatic N) is 1. The van der Waals surface area contributed by atoms with Gasteiger partial charge < -0.3 is 4.74 Å². The Morgan fingerprint density at radius 2 is 1.56 bits per heavy atom. The molecule has 0 radical (unpaired) electrons. The van der Waals surface area contributed by atoms with Crippen LogP contribution >= 0.6 is 0 Å². The zero-order chi connectivity index (χ0) is 24.4. The van der Waals surface area contributed by atoms with Crippen molar-refractivity contribution in [2.75, 3.05) is 0 Å². The lowest BCUT2D eigenvalue weighted by Gasteiger charge is -2.26. The van der Waals surface area contributed by atoms with E-state index < -0.39 is 0 Å². The van der Waals surface area contributed by atoms with Crippen molar-refractivity contribution in [3.05, 3.63) is 102 Å². The maximum Gasteiger partial charge on any atom is 0.228 e. The molecule has 1 aromatic heterocycles. The largest absolute Gasteiger partial charge is 0.455 e. The number of fused-ring (bicyclic) bond motifs is 5. The molecule has 0 bridgehead atoms. The molecule has 6 aromatic rings. The minimum absolute atomic E-state index is 0.952. The third-order valence-corrected chi connectivity index (χ3v) is 7.79. The standard InChI is InChI=1S/C34H28NO/c1-4-11-27-26-16-9-8-15-24(26)21(2)30-33-32-28(18-19-35(33)3)31-23(20-29(32)36-34(27)30)14-10-17-25(31)22-12-6-5-7-13-22/h5-10,12-20H,4,11H2,1-3H3/q+1. The first kappa shape index (κ1) is 21.1. The van der Waals surface area contributed by atoms with Gasteiger partial charge in [-0.05, 0) is 57.6 Å². The molecule has 36 heavy (non-hydrogen) atoms. The van der Waals surface area contributed by atoms with Crippen molar-refractivity contribution in [3.63, 3.8) is 0 Å². The maximum atomic E-state index is 6.92. The molecular formula is C34H28NO+. The summed E-state index contributed by atoms with van der Waals surface area (Å²) in [4.78, 5) is 0. The van der Waals surface area contributed by atoms with Gasteiger partial charge in [-0.2, -0.15) is 0 Å². The predicted octanol–water partition coefficient (Wildman–Crippen LogP) is 8.67. The summed E-state index contributed by atoms with van der Waals surface area (Å²) < 4.78 is 9.20. The summed E-state index contributed by atoms with van der Waals surface area (Å²) >= 11 is 0. The zero-order valence-corrected chi connectivity index (χ0v) is 20.9. The molecule has 0 aliphatic carbocycles. The van der Waals surface area contributed by atoms with Crippen LogP contribution in [-0.2, 0) is 13.5 Å². The first-order valence-electron chi connectivity index (χ1n) is 12.8. The fourth-order valence-electron chi connectivity index (χ4n) is 6.21. The van der Waals surface area contributed by atoms with E-state index in [2.05, 4.69) is 117 Å². The summed E-state index contributed by atoms with van der Waals surface area (Å²) in [7, 11) is 2.16. The van der Waals surface area contributed by atoms with E-state index in [1.807, 2.05) is 0 Å². The Morgan fingerprint density at radius 3 is 2.36 bits per heavy atom. The second-order valence-electron chi connectivity index (χ2n) is 9.91. The van der Waals surface area contributed by atoms with Gasteiger partial charge in [0.2, 0.25) is 5.69 Å². The number of pyridine rings is 1. The molecule has 7 rings (SSSR count). The van der Waals surface area contributed by atoms with Crippen molar-refractivity contribution in [1.82, 2.24) is 0 Å². The Bertz CT molecular complexity index is 1830. The highest BCUT2D eigenvalue weighted by atomic mass is 16.5. The van der Waals surface area contributed by atoms with Crippen LogP contribution in [0.1, 0.15) is 24.5 Å². The highest BCUT2D eigenvalue weighted by molar-refractivity contribution is 6.20. The number of rotatable bonds is 3. The van der Waals surface area contributed by atoms with Crippen molar-refractivity contribution >= 4 is 32.3 Å². The SMILES string of the molecule is CCCc1c2c(c(C)c3ccccc13)-c1c3c(cc4cccc(-c5ccccc5)c4c3cc[n+]1C)O2. The van der Waals surface area contributed by atoms with E-state index >= 15 is 0 Å². The van der Waals surface area contributed by atoms with Gasteiger partial charge >= 0.3 is 0 Å². The molecule has 0 amide bonds. The van der Waals surface area contributed by atoms with Crippen LogP contribution < -0.4 is 9.30 Å². The van der Waals surface area contributed by atoms with Gasteiger partial charge in [0.05, 0.1) is 10.9 Å². The van der Waals surface area contributed by atoms with Gasteiger partial charge in [0.15, 0.2) is 6.20 Å². The van der Waals surface area contributed by atoms with Gasteiger partial charge in [-0.3, -0.25) is 0 Å². The van der Waals surface area contributed by atoms with Gasteiger partial charge in [0.25, 0.3) is 0 Å². The number of aromatic nitrogens is 1. The Morgan fingerprint density at radius 1 is 0.778 bits per heavy atom. The number of ether oxygens (including phenoxy) is 1. The molecule has 0 N–H and O–H groups in total. The lowest BCUT2D eigenvalue weighted by Crippen LogP contribution is -2.32. The number of benzene rings is 5. The normalized spacial score (nSPS) is 12.2. The maximum absolute atomic E-state index is 6.92. The second kappa shape index (κ2) is 7.93. The topological polar surface area (TPSA) is 13.1 Å². The molecule has 174 valence electrons. The van der Waals surface area contributed by atoms with Crippen LogP contribution in [-0.4, -0.2) is 0 Å². The quantitative estimate of drug-likeness (QED) is 0.187. The monoisotopic (exact) mass is 466 g/mol. The van der Waals surface area contributed by atoms with Crippen LogP contribution in [0.3, 0.4) is 0 Å². The van der Waals surface area contributed by atoms with Crippen LogP contribution in [0.5, 0.6) is 11.5 Å². The molecule has 0 saturated heterocycles. The minimum Gasteiger partial charge on any atom is -0.455 e. The third-order valence-electron chi connectivity index (χ3n) is 7.79. The van der Waals surface area contributed by atoms with E-state index in [1.165, 1.54) is 65.8 Å². The summed E-state index contributed by atoms with van der Waals surface area (Å²) in [5.41, 5.74) is 7.56. The molecular weight excluding hydrogens is 438 g/mol. The molecule has 2 heteroatoms. The van der Waals surface area contributed by atoms with E-state index in [9.17, 15) is 0 Å². The third kappa shape index (κ3) is 2.88. The van der Waals surface area contributed by atoms with E-state index in [0.29, 0.717) is 0 Å². The van der Waals surface area contributed by atoms with E-state index in [-0.39, 0.29) is 0 Å². The van der Waals surface area contributed by atoms with Gasteiger partial charge in [-0.1, -0.05) is 86.1 Å². The summed E-state index contributed by atoms with van der Waals surface area (Å²) in [5, 5.41) is 7.55.